The van der Waals surface area contributed by atoms with Gasteiger partial charge in [-0.3, -0.25) is 4.79 Å². The summed E-state index contributed by atoms with van der Waals surface area (Å²) >= 11 is 0. The van der Waals surface area contributed by atoms with Crippen molar-refractivity contribution in [3.63, 3.8) is 0 Å². The first-order valence-corrected chi connectivity index (χ1v) is 8.28. The SMILES string of the molecule is CCc1ccccc1CC(=O)N1C(=O)OCC1Cc1ccccc1. The van der Waals surface area contributed by atoms with E-state index in [0.717, 1.165) is 23.1 Å². The topological polar surface area (TPSA) is 46.6 Å². The zero-order chi connectivity index (χ0) is 16.9. The van der Waals surface area contributed by atoms with Crippen molar-refractivity contribution in [2.24, 2.45) is 0 Å². The molecule has 1 fully saturated rings. The van der Waals surface area contributed by atoms with Crippen LogP contribution in [0.3, 0.4) is 0 Å². The molecular formula is C20H21NO3. The molecule has 0 bridgehead atoms. The molecule has 0 radical (unpaired) electrons. The molecule has 4 nitrogen and oxygen atoms in total. The van der Waals surface area contributed by atoms with Crippen LogP contribution in [0, 0.1) is 0 Å². The van der Waals surface area contributed by atoms with Crippen LogP contribution in [0.4, 0.5) is 4.79 Å². The summed E-state index contributed by atoms with van der Waals surface area (Å²) in [6, 6.07) is 17.5. The van der Waals surface area contributed by atoms with Crippen LogP contribution in [-0.2, 0) is 28.8 Å². The average molecular weight is 323 g/mol. The normalized spacial score (nSPS) is 17.0. The molecule has 2 amide bonds. The predicted molar refractivity (Wildman–Crippen MR) is 91.7 cm³/mol. The summed E-state index contributed by atoms with van der Waals surface area (Å²) in [6.45, 7) is 2.32. The smallest absolute Gasteiger partial charge is 0.416 e. The zero-order valence-electron chi connectivity index (χ0n) is 13.8. The quantitative estimate of drug-likeness (QED) is 0.847. The van der Waals surface area contributed by atoms with E-state index in [2.05, 4.69) is 6.92 Å². The van der Waals surface area contributed by atoms with Gasteiger partial charge in [-0.2, -0.15) is 0 Å². The van der Waals surface area contributed by atoms with E-state index in [-0.39, 0.29) is 25.0 Å². The lowest BCUT2D eigenvalue weighted by Crippen LogP contribution is -2.41. The molecule has 3 rings (SSSR count). The van der Waals surface area contributed by atoms with Gasteiger partial charge < -0.3 is 4.74 Å². The van der Waals surface area contributed by atoms with Crippen LogP contribution in [0.15, 0.2) is 54.6 Å². The number of aryl methyl sites for hydroxylation is 1. The highest BCUT2D eigenvalue weighted by molar-refractivity contribution is 5.94. The van der Waals surface area contributed by atoms with E-state index < -0.39 is 6.09 Å². The molecule has 0 spiro atoms. The Hall–Kier alpha value is -2.62. The number of amides is 2. The summed E-state index contributed by atoms with van der Waals surface area (Å²) in [5.41, 5.74) is 3.20. The molecule has 0 aromatic heterocycles. The monoisotopic (exact) mass is 323 g/mol. The number of imide groups is 1. The van der Waals surface area contributed by atoms with Crippen molar-refractivity contribution in [3.8, 4) is 0 Å². The van der Waals surface area contributed by atoms with E-state index in [0.29, 0.717) is 6.42 Å². The molecular weight excluding hydrogens is 302 g/mol. The maximum atomic E-state index is 12.7. The van der Waals surface area contributed by atoms with Crippen molar-refractivity contribution < 1.29 is 14.3 Å². The van der Waals surface area contributed by atoms with E-state index in [9.17, 15) is 9.59 Å². The van der Waals surface area contributed by atoms with Crippen LogP contribution in [0.1, 0.15) is 23.6 Å². The number of ether oxygens (including phenoxy) is 1. The van der Waals surface area contributed by atoms with E-state index in [1.807, 2.05) is 54.6 Å². The Bertz CT molecular complexity index is 727. The van der Waals surface area contributed by atoms with Crippen LogP contribution < -0.4 is 0 Å². The van der Waals surface area contributed by atoms with Gasteiger partial charge in [-0.15, -0.1) is 0 Å². The van der Waals surface area contributed by atoms with Crippen LogP contribution >= 0.6 is 0 Å². The molecule has 2 aromatic carbocycles. The summed E-state index contributed by atoms with van der Waals surface area (Å²) in [5.74, 6) is -0.195. The molecule has 1 heterocycles. The third-order valence-corrected chi connectivity index (χ3v) is 4.38. The van der Waals surface area contributed by atoms with E-state index in [1.165, 1.54) is 4.90 Å². The van der Waals surface area contributed by atoms with Crippen LogP contribution in [0.25, 0.3) is 0 Å². The lowest BCUT2D eigenvalue weighted by atomic mass is 10.0. The van der Waals surface area contributed by atoms with Gasteiger partial charge in [-0.25, -0.2) is 9.69 Å². The molecule has 2 aromatic rings. The standard InChI is InChI=1S/C20H21NO3/c1-2-16-10-6-7-11-17(16)13-19(22)21-18(14-24-20(21)23)12-15-8-4-3-5-9-15/h3-11,18H,2,12-14H2,1H3. The first kappa shape index (κ1) is 16.2. The van der Waals surface area contributed by atoms with Crippen molar-refractivity contribution in [1.82, 2.24) is 4.90 Å². The number of hydrogen-bond donors (Lipinski definition) is 0. The summed E-state index contributed by atoms with van der Waals surface area (Å²) in [4.78, 5) is 26.1. The third-order valence-electron chi connectivity index (χ3n) is 4.38. The molecule has 1 atom stereocenters. The Kier molecular flexibility index (Phi) is 4.94. The van der Waals surface area contributed by atoms with Crippen LogP contribution in [0.2, 0.25) is 0 Å². The van der Waals surface area contributed by atoms with Gasteiger partial charge in [-0.1, -0.05) is 61.5 Å². The first-order valence-electron chi connectivity index (χ1n) is 8.28. The molecule has 0 N–H and O–H groups in total. The van der Waals surface area contributed by atoms with Crippen molar-refractivity contribution in [3.05, 3.63) is 71.3 Å². The molecule has 1 aliphatic rings. The minimum atomic E-state index is -0.532. The highest BCUT2D eigenvalue weighted by Crippen LogP contribution is 2.20. The Balaban J connectivity index is 1.75. The summed E-state index contributed by atoms with van der Waals surface area (Å²) in [6.07, 6.45) is 1.18. The minimum absolute atomic E-state index is 0.195. The van der Waals surface area contributed by atoms with Crippen molar-refractivity contribution in [2.75, 3.05) is 6.61 Å². The second-order valence-corrected chi connectivity index (χ2v) is 5.98. The third kappa shape index (κ3) is 3.48. The molecule has 1 saturated heterocycles. The van der Waals surface area contributed by atoms with Gasteiger partial charge in [0.1, 0.15) is 6.61 Å². The fraction of sp³-hybridized carbons (Fsp3) is 0.300. The first-order chi connectivity index (χ1) is 11.7. The number of carbonyl (C=O) groups is 2. The fourth-order valence-electron chi connectivity index (χ4n) is 3.13. The Labute approximate surface area is 142 Å². The van der Waals surface area contributed by atoms with Crippen LogP contribution in [0.5, 0.6) is 0 Å². The maximum Gasteiger partial charge on any atom is 0.416 e. The Morgan fingerprint density at radius 3 is 2.46 bits per heavy atom. The Morgan fingerprint density at radius 2 is 1.75 bits per heavy atom. The van der Waals surface area contributed by atoms with E-state index >= 15 is 0 Å². The number of nitrogens with zero attached hydrogens (tertiary/aromatic N) is 1. The molecule has 124 valence electrons. The predicted octanol–water partition coefficient (Wildman–Crippen LogP) is 3.38. The second kappa shape index (κ2) is 7.30. The minimum Gasteiger partial charge on any atom is -0.447 e. The van der Waals surface area contributed by atoms with Crippen LogP contribution in [-0.4, -0.2) is 29.5 Å². The van der Waals surface area contributed by atoms with Crippen molar-refractivity contribution in [2.45, 2.75) is 32.2 Å². The summed E-state index contributed by atoms with van der Waals surface area (Å²) in [5, 5.41) is 0. The number of carbonyl (C=O) groups excluding carboxylic acids is 2. The summed E-state index contributed by atoms with van der Waals surface area (Å²) in [7, 11) is 0. The van der Waals surface area contributed by atoms with Gasteiger partial charge in [0.05, 0.1) is 12.5 Å². The summed E-state index contributed by atoms with van der Waals surface area (Å²) < 4.78 is 5.13. The van der Waals surface area contributed by atoms with E-state index in [1.54, 1.807) is 0 Å². The molecule has 24 heavy (non-hydrogen) atoms. The fourth-order valence-corrected chi connectivity index (χ4v) is 3.13. The van der Waals surface area contributed by atoms with Gasteiger partial charge in [0, 0.05) is 0 Å². The lowest BCUT2D eigenvalue weighted by molar-refractivity contribution is -0.128. The maximum absolute atomic E-state index is 12.7. The number of rotatable bonds is 5. The molecule has 1 unspecified atom stereocenters. The number of cyclic esters (lactones) is 1. The molecule has 0 saturated carbocycles. The molecule has 1 aliphatic heterocycles. The van der Waals surface area contributed by atoms with Gasteiger partial charge in [0.15, 0.2) is 0 Å². The van der Waals surface area contributed by atoms with Gasteiger partial charge in [0.25, 0.3) is 0 Å². The van der Waals surface area contributed by atoms with Crippen molar-refractivity contribution in [1.29, 1.82) is 0 Å². The number of hydrogen-bond acceptors (Lipinski definition) is 3. The molecule has 4 heteroatoms. The van der Waals surface area contributed by atoms with Gasteiger partial charge >= 0.3 is 6.09 Å². The van der Waals surface area contributed by atoms with Gasteiger partial charge in [0.2, 0.25) is 5.91 Å². The highest BCUT2D eigenvalue weighted by Gasteiger charge is 2.37. The Morgan fingerprint density at radius 1 is 1.08 bits per heavy atom. The second-order valence-electron chi connectivity index (χ2n) is 5.98. The number of benzene rings is 2. The largest absolute Gasteiger partial charge is 0.447 e. The molecule has 0 aliphatic carbocycles. The van der Waals surface area contributed by atoms with Gasteiger partial charge in [-0.05, 0) is 29.5 Å². The lowest BCUT2D eigenvalue weighted by Gasteiger charge is -2.20. The van der Waals surface area contributed by atoms with Crippen molar-refractivity contribution >= 4 is 12.0 Å². The zero-order valence-corrected chi connectivity index (χ0v) is 13.8. The van der Waals surface area contributed by atoms with E-state index in [4.69, 9.17) is 4.74 Å². The average Bonchev–Trinajstić information content (AvgIpc) is 2.96. The highest BCUT2D eigenvalue weighted by atomic mass is 16.6.